The van der Waals surface area contributed by atoms with Crippen LogP contribution in [-0.4, -0.2) is 16.6 Å². The first-order chi connectivity index (χ1) is 15.4. The van der Waals surface area contributed by atoms with Gasteiger partial charge < -0.3 is 9.57 Å². The molecule has 9 heteroatoms. The summed E-state index contributed by atoms with van der Waals surface area (Å²) in [6.45, 7) is 0.0968. The van der Waals surface area contributed by atoms with Crippen molar-refractivity contribution in [3.8, 4) is 5.75 Å². The minimum atomic E-state index is -0.610. The predicted octanol–water partition coefficient (Wildman–Crippen LogP) is 5.83. The van der Waals surface area contributed by atoms with Crippen molar-refractivity contribution in [1.29, 1.82) is 0 Å². The van der Waals surface area contributed by atoms with Crippen LogP contribution >= 0.6 is 23.2 Å². The number of ether oxygens (including phenoxy) is 1. The number of hydrogen-bond acceptors (Lipinski definition) is 6. The van der Waals surface area contributed by atoms with Gasteiger partial charge in [0.2, 0.25) is 0 Å². The number of hydrogen-bond donors (Lipinski definition) is 0. The van der Waals surface area contributed by atoms with Gasteiger partial charge in [0.15, 0.2) is 0 Å². The van der Waals surface area contributed by atoms with E-state index in [0.29, 0.717) is 33.2 Å². The van der Waals surface area contributed by atoms with Crippen LogP contribution in [0.5, 0.6) is 5.75 Å². The van der Waals surface area contributed by atoms with Gasteiger partial charge in [-0.3, -0.25) is 10.1 Å². The third-order valence-electron chi connectivity index (χ3n) is 4.61. The van der Waals surface area contributed by atoms with Crippen molar-refractivity contribution >= 4 is 46.6 Å². The minimum absolute atomic E-state index is 0.0174. The molecule has 0 spiro atoms. The highest BCUT2D eigenvalue weighted by Gasteiger charge is 2.27. The Kier molecular flexibility index (Phi) is 6.20. The molecule has 0 fully saturated rings. The maximum Gasteiger partial charge on any atom is 0.368 e. The van der Waals surface area contributed by atoms with Crippen molar-refractivity contribution in [2.75, 3.05) is 0 Å². The molecule has 0 N–H and O–H groups in total. The lowest BCUT2D eigenvalue weighted by atomic mass is 10.0. The van der Waals surface area contributed by atoms with Gasteiger partial charge in [-0.05, 0) is 35.9 Å². The summed E-state index contributed by atoms with van der Waals surface area (Å²) < 4.78 is 5.90. The number of carbonyl (C=O) groups excluding carboxylic acids is 1. The second-order valence-electron chi connectivity index (χ2n) is 6.76. The summed E-state index contributed by atoms with van der Waals surface area (Å²) in [6.07, 6.45) is 1.56. The molecule has 3 aromatic rings. The van der Waals surface area contributed by atoms with E-state index < -0.39 is 10.9 Å². The van der Waals surface area contributed by atoms with Crippen LogP contribution in [0.1, 0.15) is 16.7 Å². The van der Waals surface area contributed by atoms with Crippen molar-refractivity contribution < 1.29 is 19.3 Å². The van der Waals surface area contributed by atoms with Gasteiger partial charge in [0.25, 0.3) is 5.69 Å². The Morgan fingerprint density at radius 1 is 1.06 bits per heavy atom. The van der Waals surface area contributed by atoms with E-state index in [1.165, 1.54) is 18.2 Å². The Balaban J connectivity index is 1.66. The number of carbonyl (C=O) groups is 1. The molecule has 4 rings (SSSR count). The summed E-state index contributed by atoms with van der Waals surface area (Å²) in [5.74, 6) is -0.310. The van der Waals surface area contributed by atoms with Gasteiger partial charge in [-0.1, -0.05) is 58.7 Å². The Morgan fingerprint density at radius 3 is 2.47 bits per heavy atom. The van der Waals surface area contributed by atoms with Gasteiger partial charge in [0.05, 0.1) is 15.5 Å². The normalized spacial score (nSPS) is 14.2. The lowest BCUT2D eigenvalue weighted by Crippen LogP contribution is -2.07. The molecule has 0 aliphatic carbocycles. The van der Waals surface area contributed by atoms with Crippen LogP contribution < -0.4 is 4.74 Å². The summed E-state index contributed by atoms with van der Waals surface area (Å²) in [4.78, 5) is 27.6. The van der Waals surface area contributed by atoms with Gasteiger partial charge in [0.1, 0.15) is 18.1 Å². The van der Waals surface area contributed by atoms with Crippen molar-refractivity contribution in [3.63, 3.8) is 0 Å². The highest BCUT2D eigenvalue weighted by Crippen LogP contribution is 2.35. The molecule has 160 valence electrons. The van der Waals surface area contributed by atoms with E-state index in [9.17, 15) is 14.9 Å². The second kappa shape index (κ2) is 9.21. The van der Waals surface area contributed by atoms with Crippen LogP contribution in [0.3, 0.4) is 0 Å². The van der Waals surface area contributed by atoms with E-state index in [-0.39, 0.29) is 22.9 Å². The fraction of sp³-hybridized carbons (Fsp3) is 0.0435. The molecular weight excluding hydrogens is 455 g/mol. The van der Waals surface area contributed by atoms with Crippen LogP contribution in [0, 0.1) is 10.1 Å². The van der Waals surface area contributed by atoms with Crippen molar-refractivity contribution in [3.05, 3.63) is 109 Å². The Labute approximate surface area is 192 Å². The van der Waals surface area contributed by atoms with E-state index >= 15 is 0 Å². The molecule has 1 aliphatic heterocycles. The highest BCUT2D eigenvalue weighted by atomic mass is 35.5. The van der Waals surface area contributed by atoms with E-state index in [0.717, 1.165) is 0 Å². The molecule has 0 radical (unpaired) electrons. The van der Waals surface area contributed by atoms with Crippen LogP contribution in [-0.2, 0) is 16.2 Å². The zero-order valence-electron chi connectivity index (χ0n) is 16.3. The molecule has 0 atom stereocenters. The summed E-state index contributed by atoms with van der Waals surface area (Å²) in [7, 11) is 0. The van der Waals surface area contributed by atoms with E-state index in [4.69, 9.17) is 32.8 Å². The number of benzene rings is 3. The zero-order chi connectivity index (χ0) is 22.7. The van der Waals surface area contributed by atoms with Crippen LogP contribution in [0.25, 0.3) is 6.08 Å². The molecular formula is C23H14Cl2N2O5. The number of nitro benzene ring substituents is 1. The lowest BCUT2D eigenvalue weighted by molar-refractivity contribution is -0.384. The standard InChI is InChI=1S/C23H14Cl2N2O5/c24-17-10-16(11-19-21(26-32-23(19)28)15-4-2-1-3-5-15)22(20(25)12-17)31-13-14-6-8-18(9-7-14)27(29)30/h1-12H,13H2/b19-11-. The number of halogens is 2. The van der Waals surface area contributed by atoms with E-state index in [1.807, 2.05) is 30.3 Å². The number of oxime groups is 1. The second-order valence-corrected chi connectivity index (χ2v) is 7.60. The number of nitro groups is 1. The third-order valence-corrected chi connectivity index (χ3v) is 5.11. The third kappa shape index (κ3) is 4.64. The molecule has 3 aromatic carbocycles. The van der Waals surface area contributed by atoms with Gasteiger partial charge in [-0.15, -0.1) is 0 Å². The topological polar surface area (TPSA) is 91.0 Å². The van der Waals surface area contributed by atoms with Crippen LogP contribution in [0.2, 0.25) is 10.0 Å². The average molecular weight is 469 g/mol. The molecule has 0 bridgehead atoms. The van der Waals surface area contributed by atoms with Crippen molar-refractivity contribution in [1.82, 2.24) is 0 Å². The zero-order valence-corrected chi connectivity index (χ0v) is 17.8. The quantitative estimate of drug-likeness (QED) is 0.196. The number of non-ortho nitro benzene ring substituents is 1. The van der Waals surface area contributed by atoms with Crippen LogP contribution in [0.4, 0.5) is 5.69 Å². The molecule has 7 nitrogen and oxygen atoms in total. The fourth-order valence-corrected chi connectivity index (χ4v) is 3.64. The van der Waals surface area contributed by atoms with E-state index in [1.54, 1.807) is 24.3 Å². The first-order valence-electron chi connectivity index (χ1n) is 9.34. The summed E-state index contributed by atoms with van der Waals surface area (Å²) in [6, 6.07) is 18.2. The van der Waals surface area contributed by atoms with Crippen molar-refractivity contribution in [2.45, 2.75) is 6.61 Å². The van der Waals surface area contributed by atoms with Crippen molar-refractivity contribution in [2.24, 2.45) is 5.16 Å². The highest BCUT2D eigenvalue weighted by molar-refractivity contribution is 6.36. The first kappa shape index (κ1) is 21.5. The Bertz CT molecular complexity index is 1260. The molecule has 1 aliphatic rings. The summed E-state index contributed by atoms with van der Waals surface area (Å²) in [5.41, 5.74) is 2.47. The average Bonchev–Trinajstić information content (AvgIpc) is 3.14. The maximum atomic E-state index is 12.3. The molecule has 32 heavy (non-hydrogen) atoms. The molecule has 0 aromatic heterocycles. The largest absolute Gasteiger partial charge is 0.487 e. The van der Waals surface area contributed by atoms with Gasteiger partial charge in [-0.25, -0.2) is 4.79 Å². The monoisotopic (exact) mass is 468 g/mol. The minimum Gasteiger partial charge on any atom is -0.487 e. The summed E-state index contributed by atoms with van der Waals surface area (Å²) >= 11 is 12.6. The predicted molar refractivity (Wildman–Crippen MR) is 121 cm³/mol. The van der Waals surface area contributed by atoms with E-state index in [2.05, 4.69) is 5.16 Å². The van der Waals surface area contributed by atoms with Crippen LogP contribution in [0.15, 0.2) is 77.5 Å². The molecule has 0 saturated heterocycles. The van der Waals surface area contributed by atoms with Gasteiger partial charge in [0, 0.05) is 28.3 Å². The number of rotatable bonds is 6. The molecule has 0 unspecified atom stereocenters. The number of nitrogens with zero attached hydrogens (tertiary/aromatic N) is 2. The molecule has 1 heterocycles. The smallest absolute Gasteiger partial charge is 0.368 e. The Hall–Kier alpha value is -3.68. The Morgan fingerprint density at radius 2 is 1.78 bits per heavy atom. The SMILES string of the molecule is O=C1ON=C(c2ccccc2)/C1=C/c1cc(Cl)cc(Cl)c1OCc1ccc([N+](=O)[O-])cc1. The molecule has 0 amide bonds. The maximum absolute atomic E-state index is 12.3. The first-order valence-corrected chi connectivity index (χ1v) is 10.1. The van der Waals surface area contributed by atoms with Gasteiger partial charge >= 0.3 is 5.97 Å². The van der Waals surface area contributed by atoms with Gasteiger partial charge in [-0.2, -0.15) is 0 Å². The molecule has 0 saturated carbocycles. The summed E-state index contributed by atoms with van der Waals surface area (Å²) in [5, 5.41) is 15.3. The fourth-order valence-electron chi connectivity index (χ4n) is 3.08. The lowest BCUT2D eigenvalue weighted by Gasteiger charge is -2.12.